The van der Waals surface area contributed by atoms with Gasteiger partial charge in [-0.15, -0.1) is 0 Å². The largest absolute Gasteiger partial charge is 0.380 e. The van der Waals surface area contributed by atoms with Gasteiger partial charge in [-0.2, -0.15) is 0 Å². The fourth-order valence-electron chi connectivity index (χ4n) is 1.20. The van der Waals surface area contributed by atoms with Crippen LogP contribution in [0.3, 0.4) is 0 Å². The van der Waals surface area contributed by atoms with Crippen molar-refractivity contribution in [1.82, 2.24) is 4.98 Å². The molecule has 1 aromatic heterocycles. The summed E-state index contributed by atoms with van der Waals surface area (Å²) in [6.45, 7) is 2.16. The molecule has 0 radical (unpaired) electrons. The molecule has 0 unspecified atom stereocenters. The quantitative estimate of drug-likeness (QED) is 0.676. The van der Waals surface area contributed by atoms with E-state index < -0.39 is 0 Å². The molecule has 4 nitrogen and oxygen atoms in total. The van der Waals surface area contributed by atoms with E-state index in [4.69, 9.17) is 10.1 Å². The Labute approximate surface area is 76.1 Å². The van der Waals surface area contributed by atoms with E-state index in [9.17, 15) is 4.79 Å². The number of rotatable bonds is 3. The van der Waals surface area contributed by atoms with Crippen LogP contribution in [-0.2, 0) is 11.3 Å². The molecule has 0 saturated carbocycles. The Kier molecular flexibility index (Phi) is 2.97. The fraction of sp³-hybridized carbons (Fsp3) is 0.333. The molecule has 70 valence electrons. The van der Waals surface area contributed by atoms with Crippen molar-refractivity contribution in [2.75, 3.05) is 7.11 Å². The van der Waals surface area contributed by atoms with Crippen LogP contribution in [0.4, 0.5) is 0 Å². The van der Waals surface area contributed by atoms with Crippen molar-refractivity contribution < 1.29 is 4.74 Å². The first kappa shape index (κ1) is 9.67. The maximum absolute atomic E-state index is 11.3. The number of methoxy groups -OCH3 is 1. The first-order valence-corrected chi connectivity index (χ1v) is 3.91. The van der Waals surface area contributed by atoms with Gasteiger partial charge in [0, 0.05) is 19.0 Å². The van der Waals surface area contributed by atoms with Crippen molar-refractivity contribution in [2.24, 2.45) is 0 Å². The summed E-state index contributed by atoms with van der Waals surface area (Å²) in [4.78, 5) is 13.9. The summed E-state index contributed by atoms with van der Waals surface area (Å²) in [7, 11) is 1.56. The van der Waals surface area contributed by atoms with Gasteiger partial charge in [0.25, 0.3) is 5.56 Å². The number of aromatic nitrogens is 1. The molecule has 0 atom stereocenters. The first-order chi connectivity index (χ1) is 6.19. The van der Waals surface area contributed by atoms with Crippen LogP contribution in [0.25, 0.3) is 0 Å². The Hall–Kier alpha value is -1.42. The normalized spacial score (nSPS) is 10.0. The van der Waals surface area contributed by atoms with E-state index >= 15 is 0 Å². The maximum atomic E-state index is 11.3. The molecule has 0 aliphatic rings. The molecule has 1 heterocycles. The molecule has 4 heteroatoms. The third kappa shape index (κ3) is 2.03. The van der Waals surface area contributed by atoms with E-state index in [0.717, 1.165) is 17.5 Å². The van der Waals surface area contributed by atoms with Crippen molar-refractivity contribution in [3.05, 3.63) is 33.2 Å². The fourth-order valence-corrected chi connectivity index (χ4v) is 1.20. The van der Waals surface area contributed by atoms with Crippen LogP contribution in [0.15, 0.2) is 10.9 Å². The van der Waals surface area contributed by atoms with E-state index in [1.807, 2.05) is 6.07 Å². The number of aromatic amines is 1. The Morgan fingerprint density at radius 3 is 2.92 bits per heavy atom. The lowest BCUT2D eigenvalue weighted by molar-refractivity contribution is 0.184. The van der Waals surface area contributed by atoms with Crippen LogP contribution in [0.1, 0.15) is 16.8 Å². The highest BCUT2D eigenvalue weighted by molar-refractivity contribution is 5.78. The topological polar surface area (TPSA) is 65.9 Å². The smallest absolute Gasteiger partial charge is 0.257 e. The number of H-pyrrole nitrogens is 1. The van der Waals surface area contributed by atoms with Crippen LogP contribution >= 0.6 is 0 Å². The Balaban J connectivity index is 3.29. The van der Waals surface area contributed by atoms with Crippen molar-refractivity contribution in [3.8, 4) is 0 Å². The van der Waals surface area contributed by atoms with Crippen LogP contribution in [-0.4, -0.2) is 18.3 Å². The van der Waals surface area contributed by atoms with Crippen molar-refractivity contribution in [3.63, 3.8) is 0 Å². The summed E-state index contributed by atoms with van der Waals surface area (Å²) in [5.74, 6) is 0. The zero-order valence-corrected chi connectivity index (χ0v) is 7.68. The van der Waals surface area contributed by atoms with E-state index in [2.05, 4.69) is 4.98 Å². The van der Waals surface area contributed by atoms with Crippen LogP contribution in [0, 0.1) is 12.3 Å². The van der Waals surface area contributed by atoms with Crippen molar-refractivity contribution in [2.45, 2.75) is 13.5 Å². The average Bonchev–Trinajstić information content (AvgIpc) is 2.04. The molecular formula is C9H12N2O2. The van der Waals surface area contributed by atoms with Gasteiger partial charge in [-0.3, -0.25) is 4.79 Å². The number of nitrogens with one attached hydrogen (secondary N) is 2. The standard InChI is InChI=1S/C9H12N2O2/c1-6-3-7(5-13-2)8(4-10)9(12)11-6/h3-4,10H,5H2,1-2H3,(H,11,12). The predicted molar refractivity (Wildman–Crippen MR) is 50.4 cm³/mol. The minimum absolute atomic E-state index is 0.234. The molecule has 0 bridgehead atoms. The molecule has 0 aliphatic carbocycles. The number of ether oxygens (including phenoxy) is 1. The summed E-state index contributed by atoms with van der Waals surface area (Å²) in [5.41, 5.74) is 1.66. The molecular weight excluding hydrogens is 168 g/mol. The Morgan fingerprint density at radius 2 is 2.38 bits per heavy atom. The molecule has 0 fully saturated rings. The highest BCUT2D eigenvalue weighted by atomic mass is 16.5. The lowest BCUT2D eigenvalue weighted by Crippen LogP contribution is -2.16. The highest BCUT2D eigenvalue weighted by Crippen LogP contribution is 2.04. The Bertz CT molecular complexity index is 368. The van der Waals surface area contributed by atoms with E-state index in [1.165, 1.54) is 0 Å². The van der Waals surface area contributed by atoms with Crippen molar-refractivity contribution >= 4 is 6.21 Å². The summed E-state index contributed by atoms with van der Waals surface area (Å²) in [6, 6.07) is 1.81. The van der Waals surface area contributed by atoms with Crippen LogP contribution in [0.2, 0.25) is 0 Å². The van der Waals surface area contributed by atoms with E-state index in [1.54, 1.807) is 14.0 Å². The van der Waals surface area contributed by atoms with Gasteiger partial charge in [-0.25, -0.2) is 0 Å². The third-order valence-electron chi connectivity index (χ3n) is 1.74. The van der Waals surface area contributed by atoms with Crippen molar-refractivity contribution in [1.29, 1.82) is 5.41 Å². The zero-order chi connectivity index (χ0) is 9.84. The summed E-state index contributed by atoms with van der Waals surface area (Å²) in [5, 5.41) is 7.07. The minimum Gasteiger partial charge on any atom is -0.380 e. The molecule has 0 aromatic carbocycles. The minimum atomic E-state index is -0.234. The zero-order valence-electron chi connectivity index (χ0n) is 7.68. The SMILES string of the molecule is COCc1cc(C)[nH]c(=O)c1C=N. The highest BCUT2D eigenvalue weighted by Gasteiger charge is 2.04. The molecule has 0 spiro atoms. The second kappa shape index (κ2) is 4.00. The Morgan fingerprint density at radius 1 is 1.69 bits per heavy atom. The molecule has 2 N–H and O–H groups in total. The number of pyridine rings is 1. The molecule has 0 aliphatic heterocycles. The molecule has 1 aromatic rings. The lowest BCUT2D eigenvalue weighted by atomic mass is 10.1. The van der Waals surface area contributed by atoms with Crippen LogP contribution < -0.4 is 5.56 Å². The van der Waals surface area contributed by atoms with Crippen LogP contribution in [0.5, 0.6) is 0 Å². The van der Waals surface area contributed by atoms with Gasteiger partial charge in [-0.05, 0) is 18.6 Å². The summed E-state index contributed by atoms with van der Waals surface area (Å²) < 4.78 is 4.92. The molecule has 0 saturated heterocycles. The summed E-state index contributed by atoms with van der Waals surface area (Å²) >= 11 is 0. The lowest BCUT2D eigenvalue weighted by Gasteiger charge is -2.04. The number of hydrogen-bond donors (Lipinski definition) is 2. The second-order valence-corrected chi connectivity index (χ2v) is 2.80. The van der Waals surface area contributed by atoms with Gasteiger partial charge < -0.3 is 15.1 Å². The van der Waals surface area contributed by atoms with E-state index in [-0.39, 0.29) is 5.56 Å². The second-order valence-electron chi connectivity index (χ2n) is 2.80. The molecule has 0 amide bonds. The third-order valence-corrected chi connectivity index (χ3v) is 1.74. The van der Waals surface area contributed by atoms with Gasteiger partial charge in [0.15, 0.2) is 0 Å². The first-order valence-electron chi connectivity index (χ1n) is 3.91. The average molecular weight is 180 g/mol. The van der Waals surface area contributed by atoms with Gasteiger partial charge in [0.05, 0.1) is 12.2 Å². The van der Waals surface area contributed by atoms with Gasteiger partial charge >= 0.3 is 0 Å². The van der Waals surface area contributed by atoms with Gasteiger partial charge in [0.2, 0.25) is 0 Å². The monoisotopic (exact) mass is 180 g/mol. The predicted octanol–water partition coefficient (Wildman–Crippen LogP) is 0.827. The maximum Gasteiger partial charge on any atom is 0.257 e. The molecule has 1 rings (SSSR count). The van der Waals surface area contributed by atoms with Gasteiger partial charge in [0.1, 0.15) is 0 Å². The summed E-state index contributed by atoms with van der Waals surface area (Å²) in [6.07, 6.45) is 1.05. The van der Waals surface area contributed by atoms with Gasteiger partial charge in [-0.1, -0.05) is 0 Å². The molecule has 13 heavy (non-hydrogen) atoms. The number of hydrogen-bond acceptors (Lipinski definition) is 3. The van der Waals surface area contributed by atoms with E-state index in [0.29, 0.717) is 12.2 Å². The number of aryl methyl sites for hydroxylation is 1.